The quantitative estimate of drug-likeness (QED) is 0.228. The van der Waals surface area contributed by atoms with Crippen molar-refractivity contribution < 1.29 is 34.1 Å². The number of rotatable bonds is 6. The number of ether oxygens (including phenoxy) is 1. The Morgan fingerprint density at radius 1 is 1.05 bits per heavy atom. The number of aliphatic carboxylic acids is 2. The van der Waals surface area contributed by atoms with Crippen LogP contribution in [0.15, 0.2) is 79.3 Å². The first-order chi connectivity index (χ1) is 19.7. The molecule has 41 heavy (non-hydrogen) atoms. The number of fused-ring (bicyclic) bond motifs is 1. The Balaban J connectivity index is 0.000000585. The summed E-state index contributed by atoms with van der Waals surface area (Å²) in [6, 6.07) is 18.8. The average Bonchev–Trinajstić information content (AvgIpc) is 3.62. The van der Waals surface area contributed by atoms with E-state index in [4.69, 9.17) is 24.5 Å². The molecule has 1 fully saturated rings. The van der Waals surface area contributed by atoms with Crippen LogP contribution in [0.5, 0.6) is 5.75 Å². The Morgan fingerprint density at radius 2 is 1.78 bits per heavy atom. The fraction of sp³-hybridized carbons (Fsp3) is 0.207. The Labute approximate surface area is 239 Å². The molecule has 0 bridgehead atoms. The first-order valence-corrected chi connectivity index (χ1v) is 13.5. The minimum absolute atomic E-state index is 0.00685. The van der Waals surface area contributed by atoms with E-state index < -0.39 is 11.9 Å². The highest BCUT2D eigenvalue weighted by atomic mass is 32.2. The van der Waals surface area contributed by atoms with E-state index in [1.54, 1.807) is 38.3 Å². The van der Waals surface area contributed by atoms with Crippen molar-refractivity contribution in [2.45, 2.75) is 18.0 Å². The third kappa shape index (κ3) is 7.10. The van der Waals surface area contributed by atoms with Crippen molar-refractivity contribution in [3.8, 4) is 5.75 Å². The summed E-state index contributed by atoms with van der Waals surface area (Å²) >= 11 is 1.68. The zero-order valence-corrected chi connectivity index (χ0v) is 23.1. The maximum absolute atomic E-state index is 13.6. The lowest BCUT2D eigenvalue weighted by Crippen LogP contribution is -2.34. The molecule has 4 aromatic rings. The van der Waals surface area contributed by atoms with Gasteiger partial charge in [-0.05, 0) is 29.3 Å². The van der Waals surface area contributed by atoms with Gasteiger partial charge in [0, 0.05) is 55.5 Å². The molecule has 1 aliphatic rings. The molecule has 3 heterocycles. The molecule has 0 spiro atoms. The monoisotopic (exact) mass is 576 g/mol. The van der Waals surface area contributed by atoms with Gasteiger partial charge in [-0.3, -0.25) is 19.7 Å². The molecule has 0 saturated carbocycles. The summed E-state index contributed by atoms with van der Waals surface area (Å²) in [7, 11) is 3.39. The molecule has 0 aliphatic carbocycles. The van der Waals surface area contributed by atoms with E-state index in [1.807, 2.05) is 66.9 Å². The number of carbonyl (C=O) groups is 4. The normalized spacial score (nSPS) is 16.0. The first-order valence-electron chi connectivity index (χ1n) is 12.5. The van der Waals surface area contributed by atoms with E-state index in [1.165, 1.54) is 9.47 Å². The van der Waals surface area contributed by atoms with Gasteiger partial charge in [-0.25, -0.2) is 14.4 Å². The van der Waals surface area contributed by atoms with Crippen LogP contribution in [0.1, 0.15) is 26.9 Å². The number of Topliss-reactive ketones (excluding diaryl/α,β-unsaturated/α-hetero) is 1. The Bertz CT molecular complexity index is 1550. The van der Waals surface area contributed by atoms with Crippen LogP contribution in [0.4, 0.5) is 4.79 Å². The van der Waals surface area contributed by atoms with Gasteiger partial charge in [0.1, 0.15) is 12.4 Å². The molecule has 2 aromatic heterocycles. The molecule has 212 valence electrons. The topological polar surface area (TPSA) is 151 Å². The van der Waals surface area contributed by atoms with Gasteiger partial charge in [-0.15, -0.1) is 11.8 Å². The predicted molar refractivity (Wildman–Crippen MR) is 153 cm³/mol. The Kier molecular flexibility index (Phi) is 9.37. The lowest BCUT2D eigenvalue weighted by Gasteiger charge is -2.12. The van der Waals surface area contributed by atoms with Crippen molar-refractivity contribution in [1.82, 2.24) is 19.8 Å². The van der Waals surface area contributed by atoms with Crippen molar-refractivity contribution in [3.63, 3.8) is 0 Å². The second kappa shape index (κ2) is 13.1. The van der Waals surface area contributed by atoms with Crippen LogP contribution in [0.25, 0.3) is 10.9 Å². The number of aromatic nitrogens is 2. The number of hydrogen-bond donors (Lipinski definition) is 3. The van der Waals surface area contributed by atoms with Gasteiger partial charge in [-0.2, -0.15) is 0 Å². The molecule has 3 N–H and O–H groups in total. The molecule has 1 unspecified atom stereocenters. The van der Waals surface area contributed by atoms with Crippen LogP contribution >= 0.6 is 11.8 Å². The zero-order chi connectivity index (χ0) is 29.5. The van der Waals surface area contributed by atoms with Gasteiger partial charge < -0.3 is 19.8 Å². The largest absolute Gasteiger partial charge is 0.489 e. The van der Waals surface area contributed by atoms with E-state index in [-0.39, 0.29) is 23.2 Å². The number of thioether (sulfide) groups is 1. The summed E-state index contributed by atoms with van der Waals surface area (Å²) in [5, 5.41) is 18.9. The summed E-state index contributed by atoms with van der Waals surface area (Å²) in [4.78, 5) is 50.4. The number of ketones is 1. The minimum atomic E-state index is -1.82. The molecule has 0 radical (unpaired) electrons. The van der Waals surface area contributed by atoms with Crippen molar-refractivity contribution in [2.24, 2.45) is 0 Å². The fourth-order valence-corrected chi connectivity index (χ4v) is 5.37. The maximum Gasteiger partial charge on any atom is 0.414 e. The van der Waals surface area contributed by atoms with Gasteiger partial charge in [-0.1, -0.05) is 36.4 Å². The summed E-state index contributed by atoms with van der Waals surface area (Å²) < 4.78 is 7.51. The number of carbonyl (C=O) groups excluding carboxylic acids is 2. The van der Waals surface area contributed by atoms with Crippen molar-refractivity contribution in [2.75, 3.05) is 19.8 Å². The number of hydrogen-bond acceptors (Lipinski definition) is 8. The molecule has 11 nitrogen and oxygen atoms in total. The molecular weight excluding hydrogens is 548 g/mol. The summed E-state index contributed by atoms with van der Waals surface area (Å²) in [5.74, 6) is -2.40. The lowest BCUT2D eigenvalue weighted by atomic mass is 10.0. The third-order valence-corrected chi connectivity index (χ3v) is 7.42. The van der Waals surface area contributed by atoms with E-state index >= 15 is 0 Å². The number of nitrogens with zero attached hydrogens (tertiary/aromatic N) is 3. The van der Waals surface area contributed by atoms with Gasteiger partial charge >= 0.3 is 18.0 Å². The highest BCUT2D eigenvalue weighted by Gasteiger charge is 2.33. The fourth-order valence-electron chi connectivity index (χ4n) is 4.14. The highest BCUT2D eigenvalue weighted by Crippen LogP contribution is 2.35. The Morgan fingerprint density at radius 3 is 2.41 bits per heavy atom. The summed E-state index contributed by atoms with van der Waals surface area (Å²) in [6.07, 6.45) is 5.20. The van der Waals surface area contributed by atoms with Crippen molar-refractivity contribution in [1.29, 1.82) is 0 Å². The molecule has 1 aliphatic heterocycles. The van der Waals surface area contributed by atoms with Crippen LogP contribution in [-0.2, 0) is 16.2 Å². The predicted octanol–water partition coefficient (Wildman–Crippen LogP) is 3.89. The van der Waals surface area contributed by atoms with Crippen LogP contribution in [-0.4, -0.2) is 74.3 Å². The second-order valence-electron chi connectivity index (χ2n) is 9.24. The average molecular weight is 577 g/mol. The SMILES string of the molecule is CN(C)C(=O)n1cc(C(=O)[C@@H]2CSC(c3cccnc3)N2)c2ccc(OCc3ccccc3)cc21.O=C(O)C(=O)O. The van der Waals surface area contributed by atoms with E-state index in [9.17, 15) is 9.59 Å². The minimum Gasteiger partial charge on any atom is -0.489 e. The molecule has 2 atom stereocenters. The molecular formula is C29H28N4O7S. The van der Waals surface area contributed by atoms with E-state index in [0.717, 1.165) is 16.5 Å². The van der Waals surface area contributed by atoms with Gasteiger partial charge in [0.25, 0.3) is 0 Å². The number of nitrogens with one attached hydrogen (secondary N) is 1. The smallest absolute Gasteiger partial charge is 0.414 e. The molecule has 1 saturated heterocycles. The van der Waals surface area contributed by atoms with Crippen LogP contribution in [0.3, 0.4) is 0 Å². The lowest BCUT2D eigenvalue weighted by molar-refractivity contribution is -0.159. The number of carboxylic acid groups (broad SMARTS) is 2. The van der Waals surface area contributed by atoms with Crippen molar-refractivity contribution in [3.05, 3.63) is 95.9 Å². The summed E-state index contributed by atoms with van der Waals surface area (Å²) in [6.45, 7) is 0.416. The summed E-state index contributed by atoms with van der Waals surface area (Å²) in [5.41, 5.74) is 3.26. The number of carboxylic acids is 2. The Hall–Kier alpha value is -4.68. The zero-order valence-electron chi connectivity index (χ0n) is 22.3. The highest BCUT2D eigenvalue weighted by molar-refractivity contribution is 7.99. The van der Waals surface area contributed by atoms with E-state index in [0.29, 0.717) is 29.2 Å². The third-order valence-electron chi connectivity index (χ3n) is 6.15. The van der Waals surface area contributed by atoms with E-state index in [2.05, 4.69) is 10.3 Å². The molecule has 2 aromatic carbocycles. The second-order valence-corrected chi connectivity index (χ2v) is 10.4. The van der Waals surface area contributed by atoms with Crippen LogP contribution in [0.2, 0.25) is 0 Å². The van der Waals surface area contributed by atoms with Gasteiger partial charge in [0.15, 0.2) is 5.78 Å². The van der Waals surface area contributed by atoms with Gasteiger partial charge in [0.2, 0.25) is 0 Å². The molecule has 5 rings (SSSR count). The maximum atomic E-state index is 13.6. The standard InChI is InChI=1S/C27H26N4O3S.C2H2O4/c1-30(2)27(33)31-15-22(25(32)23-17-35-26(29-23)19-9-6-12-28-14-19)21-11-10-20(13-24(21)31)34-16-18-7-4-3-5-8-18;3-1(4)2(5)6/h3-15,23,26,29H,16-17H2,1-2H3;(H,3,4)(H,5,6)/t23-,26?;/m0./s1. The number of amides is 1. The van der Waals surface area contributed by atoms with Crippen molar-refractivity contribution >= 4 is 46.4 Å². The first kappa shape index (κ1) is 29.3. The van der Waals surface area contributed by atoms with Gasteiger partial charge in [0.05, 0.1) is 16.9 Å². The molecule has 1 amide bonds. The number of benzene rings is 2. The van der Waals surface area contributed by atoms with Crippen LogP contribution in [0, 0.1) is 0 Å². The number of pyridine rings is 1. The molecule has 12 heteroatoms. The van der Waals surface area contributed by atoms with Crippen LogP contribution < -0.4 is 10.1 Å².